The SMILES string of the molecule is CCNc1ccc([N+](=O)[O-])c(-c2cncc(OC)c2)n1. The molecule has 20 heavy (non-hydrogen) atoms. The number of nitro groups is 1. The van der Waals surface area contributed by atoms with Crippen molar-refractivity contribution in [1.82, 2.24) is 9.97 Å². The highest BCUT2D eigenvalue weighted by atomic mass is 16.6. The molecule has 2 aromatic rings. The van der Waals surface area contributed by atoms with Gasteiger partial charge in [-0.15, -0.1) is 0 Å². The second-order valence-corrected chi connectivity index (χ2v) is 3.97. The van der Waals surface area contributed by atoms with E-state index in [-0.39, 0.29) is 11.4 Å². The average Bonchev–Trinajstić information content (AvgIpc) is 2.47. The molecule has 7 nitrogen and oxygen atoms in total. The number of ether oxygens (including phenoxy) is 1. The first-order chi connectivity index (χ1) is 9.65. The molecule has 0 aliphatic heterocycles. The number of nitrogens with one attached hydrogen (secondary N) is 1. The van der Waals surface area contributed by atoms with Gasteiger partial charge in [0.2, 0.25) is 0 Å². The zero-order chi connectivity index (χ0) is 14.5. The second-order valence-electron chi connectivity index (χ2n) is 3.97. The van der Waals surface area contributed by atoms with Crippen LogP contribution in [0.4, 0.5) is 11.5 Å². The number of nitrogens with zero attached hydrogens (tertiary/aromatic N) is 3. The minimum Gasteiger partial charge on any atom is -0.495 e. The lowest BCUT2D eigenvalue weighted by Crippen LogP contribution is -2.02. The summed E-state index contributed by atoms with van der Waals surface area (Å²) < 4.78 is 5.08. The molecule has 0 radical (unpaired) electrons. The van der Waals surface area contributed by atoms with Gasteiger partial charge >= 0.3 is 0 Å². The largest absolute Gasteiger partial charge is 0.495 e. The Labute approximate surface area is 115 Å². The molecule has 0 aliphatic rings. The molecule has 2 heterocycles. The van der Waals surface area contributed by atoms with Crippen LogP contribution in [0.2, 0.25) is 0 Å². The summed E-state index contributed by atoms with van der Waals surface area (Å²) in [6.07, 6.45) is 3.05. The monoisotopic (exact) mass is 274 g/mol. The summed E-state index contributed by atoms with van der Waals surface area (Å²) in [4.78, 5) is 18.9. The number of rotatable bonds is 5. The fraction of sp³-hybridized carbons (Fsp3) is 0.231. The molecule has 0 atom stereocenters. The predicted molar refractivity (Wildman–Crippen MR) is 74.8 cm³/mol. The Bertz CT molecular complexity index is 631. The van der Waals surface area contributed by atoms with Crippen LogP contribution in [-0.2, 0) is 0 Å². The van der Waals surface area contributed by atoms with Crippen molar-refractivity contribution in [2.45, 2.75) is 6.92 Å². The van der Waals surface area contributed by atoms with Gasteiger partial charge in [0.1, 0.15) is 11.6 Å². The van der Waals surface area contributed by atoms with E-state index in [1.807, 2.05) is 6.92 Å². The van der Waals surface area contributed by atoms with Crippen molar-refractivity contribution in [2.75, 3.05) is 19.0 Å². The summed E-state index contributed by atoms with van der Waals surface area (Å²) in [6.45, 7) is 2.61. The number of hydrogen-bond donors (Lipinski definition) is 1. The topological polar surface area (TPSA) is 90.2 Å². The van der Waals surface area contributed by atoms with Crippen LogP contribution < -0.4 is 10.1 Å². The lowest BCUT2D eigenvalue weighted by atomic mass is 10.1. The van der Waals surface area contributed by atoms with Crippen molar-refractivity contribution >= 4 is 11.5 Å². The molecular formula is C13H14N4O3. The molecule has 2 rings (SSSR count). The Morgan fingerprint density at radius 1 is 1.40 bits per heavy atom. The normalized spacial score (nSPS) is 10.1. The van der Waals surface area contributed by atoms with Crippen molar-refractivity contribution in [3.05, 3.63) is 40.7 Å². The molecule has 104 valence electrons. The summed E-state index contributed by atoms with van der Waals surface area (Å²) in [6, 6.07) is 4.68. The van der Waals surface area contributed by atoms with E-state index in [9.17, 15) is 10.1 Å². The summed E-state index contributed by atoms with van der Waals surface area (Å²) in [5, 5.41) is 14.1. The number of pyridine rings is 2. The van der Waals surface area contributed by atoms with Crippen LogP contribution in [0.15, 0.2) is 30.6 Å². The maximum atomic E-state index is 11.1. The first-order valence-corrected chi connectivity index (χ1v) is 6.04. The third-order valence-corrected chi connectivity index (χ3v) is 2.65. The van der Waals surface area contributed by atoms with Crippen LogP contribution in [-0.4, -0.2) is 28.5 Å². The Morgan fingerprint density at radius 2 is 2.20 bits per heavy atom. The van der Waals surface area contributed by atoms with Gasteiger partial charge in [-0.25, -0.2) is 4.98 Å². The number of anilines is 1. The summed E-state index contributed by atoms with van der Waals surface area (Å²) in [5.74, 6) is 1.10. The van der Waals surface area contributed by atoms with Crippen LogP contribution in [0.25, 0.3) is 11.3 Å². The van der Waals surface area contributed by atoms with E-state index in [0.29, 0.717) is 23.7 Å². The first-order valence-electron chi connectivity index (χ1n) is 6.04. The molecule has 1 N–H and O–H groups in total. The van der Waals surface area contributed by atoms with Gasteiger partial charge in [-0.05, 0) is 19.1 Å². The fourth-order valence-corrected chi connectivity index (χ4v) is 1.75. The molecule has 0 fully saturated rings. The summed E-state index contributed by atoms with van der Waals surface area (Å²) in [7, 11) is 1.51. The van der Waals surface area contributed by atoms with Crippen LogP contribution in [0.3, 0.4) is 0 Å². The number of aromatic nitrogens is 2. The van der Waals surface area contributed by atoms with Crippen molar-refractivity contribution in [2.24, 2.45) is 0 Å². The third kappa shape index (κ3) is 2.82. The second kappa shape index (κ2) is 5.96. The zero-order valence-corrected chi connectivity index (χ0v) is 11.2. The molecule has 0 aromatic carbocycles. The van der Waals surface area contributed by atoms with Gasteiger partial charge < -0.3 is 10.1 Å². The van der Waals surface area contributed by atoms with Crippen LogP contribution in [0.5, 0.6) is 5.75 Å². The molecule has 0 saturated heterocycles. The van der Waals surface area contributed by atoms with Gasteiger partial charge in [0.05, 0.1) is 18.2 Å². The lowest BCUT2D eigenvalue weighted by Gasteiger charge is -2.07. The summed E-state index contributed by atoms with van der Waals surface area (Å²) in [5.41, 5.74) is 0.734. The number of hydrogen-bond acceptors (Lipinski definition) is 6. The van der Waals surface area contributed by atoms with Crippen molar-refractivity contribution in [3.63, 3.8) is 0 Å². The summed E-state index contributed by atoms with van der Waals surface area (Å²) >= 11 is 0. The fourth-order valence-electron chi connectivity index (χ4n) is 1.75. The zero-order valence-electron chi connectivity index (χ0n) is 11.2. The van der Waals surface area contributed by atoms with Gasteiger partial charge in [-0.3, -0.25) is 15.1 Å². The molecular weight excluding hydrogens is 260 g/mol. The van der Waals surface area contributed by atoms with E-state index < -0.39 is 4.92 Å². The smallest absolute Gasteiger partial charge is 0.295 e. The molecule has 0 bridgehead atoms. The van der Waals surface area contributed by atoms with Gasteiger partial charge in [0.25, 0.3) is 5.69 Å². The lowest BCUT2D eigenvalue weighted by molar-refractivity contribution is -0.384. The standard InChI is InChI=1S/C13H14N4O3/c1-3-15-12-5-4-11(17(18)19)13(16-12)9-6-10(20-2)8-14-7-9/h4-8H,3H2,1-2H3,(H,15,16). The highest BCUT2D eigenvalue weighted by Crippen LogP contribution is 2.30. The van der Waals surface area contributed by atoms with E-state index in [4.69, 9.17) is 4.74 Å². The maximum Gasteiger partial charge on any atom is 0.295 e. The Balaban J connectivity index is 2.56. The van der Waals surface area contributed by atoms with Crippen LogP contribution >= 0.6 is 0 Å². The Hall–Kier alpha value is -2.70. The highest BCUT2D eigenvalue weighted by molar-refractivity contribution is 5.71. The minimum atomic E-state index is -0.461. The molecule has 0 amide bonds. The Kier molecular flexibility index (Phi) is 4.09. The molecule has 7 heteroatoms. The van der Waals surface area contributed by atoms with E-state index in [1.54, 1.807) is 12.1 Å². The van der Waals surface area contributed by atoms with E-state index in [1.165, 1.54) is 25.6 Å². The van der Waals surface area contributed by atoms with Gasteiger partial charge in [-0.2, -0.15) is 0 Å². The third-order valence-electron chi connectivity index (χ3n) is 2.65. The predicted octanol–water partition coefficient (Wildman–Crippen LogP) is 2.49. The quantitative estimate of drug-likeness (QED) is 0.665. The molecule has 0 unspecified atom stereocenters. The van der Waals surface area contributed by atoms with E-state index in [2.05, 4.69) is 15.3 Å². The van der Waals surface area contributed by atoms with Gasteiger partial charge in [0.15, 0.2) is 5.69 Å². The number of methoxy groups -OCH3 is 1. The average molecular weight is 274 g/mol. The molecule has 0 saturated carbocycles. The first kappa shape index (κ1) is 13.7. The van der Waals surface area contributed by atoms with E-state index in [0.717, 1.165) is 0 Å². The van der Waals surface area contributed by atoms with Crippen LogP contribution in [0, 0.1) is 10.1 Å². The Morgan fingerprint density at radius 3 is 2.85 bits per heavy atom. The van der Waals surface area contributed by atoms with Gasteiger partial charge in [0, 0.05) is 24.4 Å². The molecule has 0 spiro atoms. The van der Waals surface area contributed by atoms with Crippen molar-refractivity contribution in [1.29, 1.82) is 0 Å². The van der Waals surface area contributed by atoms with Crippen molar-refractivity contribution < 1.29 is 9.66 Å². The van der Waals surface area contributed by atoms with Gasteiger partial charge in [-0.1, -0.05) is 0 Å². The highest BCUT2D eigenvalue weighted by Gasteiger charge is 2.18. The van der Waals surface area contributed by atoms with Crippen molar-refractivity contribution in [3.8, 4) is 17.0 Å². The molecule has 0 aliphatic carbocycles. The minimum absolute atomic E-state index is 0.0679. The van der Waals surface area contributed by atoms with Crippen LogP contribution in [0.1, 0.15) is 6.92 Å². The maximum absolute atomic E-state index is 11.1. The molecule has 2 aromatic heterocycles. The van der Waals surface area contributed by atoms with E-state index >= 15 is 0 Å².